The maximum Gasteiger partial charge on any atom is 0.174 e. The van der Waals surface area contributed by atoms with Gasteiger partial charge in [-0.15, -0.1) is 0 Å². The summed E-state index contributed by atoms with van der Waals surface area (Å²) in [4.78, 5) is 6.96. The predicted octanol–water partition coefficient (Wildman–Crippen LogP) is 1.37. The lowest BCUT2D eigenvalue weighted by Gasteiger charge is -2.14. The average Bonchev–Trinajstić information content (AvgIpc) is 2.11. The number of aromatic nitrogens is 2. The van der Waals surface area contributed by atoms with E-state index in [0.717, 1.165) is 10.4 Å². The third-order valence-corrected chi connectivity index (χ3v) is 1.64. The highest BCUT2D eigenvalue weighted by molar-refractivity contribution is 9.10. The smallest absolute Gasteiger partial charge is 0.174 e. The zero-order chi connectivity index (χ0) is 7.78. The van der Waals surface area contributed by atoms with Crippen LogP contribution in [0.1, 0.15) is 19.5 Å². The molecule has 4 heteroatoms. The second-order valence-corrected chi connectivity index (χ2v) is 3.56. The standard InChI is InChI=1S/C6H10BrN3/c1-6(2,8)4-3-9-5(7)10-4/h3H,8H2,1-2H3,(H,9,10). The van der Waals surface area contributed by atoms with Gasteiger partial charge in [-0.25, -0.2) is 4.98 Å². The number of nitrogens with zero attached hydrogens (tertiary/aromatic N) is 1. The van der Waals surface area contributed by atoms with Gasteiger partial charge in [-0.3, -0.25) is 0 Å². The van der Waals surface area contributed by atoms with Gasteiger partial charge in [0.2, 0.25) is 0 Å². The first-order valence-corrected chi connectivity index (χ1v) is 3.79. The van der Waals surface area contributed by atoms with Crippen LogP contribution in [0.15, 0.2) is 10.9 Å². The van der Waals surface area contributed by atoms with Gasteiger partial charge in [0, 0.05) is 0 Å². The first-order valence-electron chi connectivity index (χ1n) is 3.00. The lowest BCUT2D eigenvalue weighted by molar-refractivity contribution is 0.537. The molecule has 56 valence electrons. The molecule has 0 spiro atoms. The number of hydrogen-bond acceptors (Lipinski definition) is 2. The van der Waals surface area contributed by atoms with E-state index in [1.807, 2.05) is 13.8 Å². The molecular formula is C6H10BrN3. The quantitative estimate of drug-likeness (QED) is 0.725. The zero-order valence-electron chi connectivity index (χ0n) is 5.98. The van der Waals surface area contributed by atoms with Gasteiger partial charge < -0.3 is 10.7 Å². The number of imidazole rings is 1. The van der Waals surface area contributed by atoms with Gasteiger partial charge in [0.1, 0.15) is 0 Å². The Kier molecular flexibility index (Phi) is 1.83. The topological polar surface area (TPSA) is 54.7 Å². The van der Waals surface area contributed by atoms with Crippen LogP contribution in [-0.2, 0) is 5.54 Å². The molecule has 1 aromatic heterocycles. The molecule has 0 aliphatic carbocycles. The van der Waals surface area contributed by atoms with E-state index in [2.05, 4.69) is 25.9 Å². The minimum Gasteiger partial charge on any atom is -0.335 e. The van der Waals surface area contributed by atoms with Gasteiger partial charge in [-0.2, -0.15) is 0 Å². The Morgan fingerprint density at radius 3 is 2.50 bits per heavy atom. The van der Waals surface area contributed by atoms with E-state index in [1.54, 1.807) is 6.20 Å². The summed E-state index contributed by atoms with van der Waals surface area (Å²) >= 11 is 3.20. The number of hydrogen-bond donors (Lipinski definition) is 2. The number of aromatic amines is 1. The van der Waals surface area contributed by atoms with Gasteiger partial charge >= 0.3 is 0 Å². The highest BCUT2D eigenvalue weighted by atomic mass is 79.9. The molecule has 10 heavy (non-hydrogen) atoms. The Bertz CT molecular complexity index is 223. The Morgan fingerprint density at radius 1 is 1.70 bits per heavy atom. The summed E-state index contributed by atoms with van der Waals surface area (Å²) < 4.78 is 0.723. The third kappa shape index (κ3) is 1.58. The summed E-state index contributed by atoms with van der Waals surface area (Å²) in [6.07, 6.45) is 1.73. The van der Waals surface area contributed by atoms with E-state index in [9.17, 15) is 0 Å². The fraction of sp³-hybridized carbons (Fsp3) is 0.500. The van der Waals surface area contributed by atoms with Crippen LogP contribution in [0.5, 0.6) is 0 Å². The lowest BCUT2D eigenvalue weighted by Crippen LogP contribution is -2.28. The second kappa shape index (κ2) is 2.36. The molecule has 0 aromatic carbocycles. The van der Waals surface area contributed by atoms with Crippen molar-refractivity contribution in [2.45, 2.75) is 19.4 Å². The van der Waals surface area contributed by atoms with E-state index in [4.69, 9.17) is 5.73 Å². The van der Waals surface area contributed by atoms with E-state index < -0.39 is 0 Å². The molecule has 0 aliphatic heterocycles. The first kappa shape index (κ1) is 7.75. The zero-order valence-corrected chi connectivity index (χ0v) is 7.57. The van der Waals surface area contributed by atoms with Gasteiger partial charge in [0.25, 0.3) is 0 Å². The number of nitrogens with two attached hydrogens (primary N) is 1. The van der Waals surface area contributed by atoms with Crippen molar-refractivity contribution in [3.8, 4) is 0 Å². The predicted molar refractivity (Wildman–Crippen MR) is 43.5 cm³/mol. The first-order chi connectivity index (χ1) is 4.50. The lowest BCUT2D eigenvalue weighted by atomic mass is 10.0. The number of halogens is 1. The fourth-order valence-corrected chi connectivity index (χ4v) is 0.940. The molecule has 0 bridgehead atoms. The van der Waals surface area contributed by atoms with Crippen LogP contribution in [0.25, 0.3) is 0 Å². The minimum absolute atomic E-state index is 0.334. The van der Waals surface area contributed by atoms with Crippen LogP contribution < -0.4 is 5.73 Å². The molecule has 0 radical (unpaired) electrons. The van der Waals surface area contributed by atoms with Crippen molar-refractivity contribution >= 4 is 15.9 Å². The molecule has 1 heterocycles. The van der Waals surface area contributed by atoms with Gasteiger partial charge in [0.05, 0.1) is 17.4 Å². The van der Waals surface area contributed by atoms with Crippen LogP contribution in [0, 0.1) is 0 Å². The molecule has 0 amide bonds. The molecule has 1 aromatic rings. The SMILES string of the molecule is CC(C)(N)c1cnc(Br)[nH]1. The van der Waals surface area contributed by atoms with E-state index in [-0.39, 0.29) is 5.54 Å². The monoisotopic (exact) mass is 203 g/mol. The summed E-state index contributed by atoms with van der Waals surface area (Å²) in [5.74, 6) is 0. The Morgan fingerprint density at radius 2 is 2.30 bits per heavy atom. The summed E-state index contributed by atoms with van der Waals surface area (Å²) in [6.45, 7) is 3.85. The summed E-state index contributed by atoms with van der Waals surface area (Å²) in [6, 6.07) is 0. The molecule has 0 saturated heterocycles. The van der Waals surface area contributed by atoms with Crippen LogP contribution in [-0.4, -0.2) is 9.97 Å². The van der Waals surface area contributed by atoms with Crippen LogP contribution in [0.3, 0.4) is 0 Å². The summed E-state index contributed by atoms with van der Waals surface area (Å²) in [5, 5.41) is 0. The molecule has 0 unspecified atom stereocenters. The number of nitrogens with one attached hydrogen (secondary N) is 1. The molecular weight excluding hydrogens is 194 g/mol. The molecule has 0 saturated carbocycles. The van der Waals surface area contributed by atoms with Crippen molar-refractivity contribution in [2.75, 3.05) is 0 Å². The Hall–Kier alpha value is -0.350. The minimum atomic E-state index is -0.334. The summed E-state index contributed by atoms with van der Waals surface area (Å²) in [5.41, 5.74) is 6.37. The van der Waals surface area contributed by atoms with Gasteiger partial charge in [-0.05, 0) is 29.8 Å². The molecule has 3 N–H and O–H groups in total. The number of H-pyrrole nitrogens is 1. The highest BCUT2D eigenvalue weighted by Crippen LogP contribution is 2.15. The van der Waals surface area contributed by atoms with Gasteiger partial charge in [0.15, 0.2) is 4.73 Å². The van der Waals surface area contributed by atoms with Crippen molar-refractivity contribution in [3.05, 3.63) is 16.6 Å². The molecule has 0 fully saturated rings. The largest absolute Gasteiger partial charge is 0.335 e. The van der Waals surface area contributed by atoms with Crippen molar-refractivity contribution in [1.29, 1.82) is 0 Å². The van der Waals surface area contributed by atoms with Crippen molar-refractivity contribution in [1.82, 2.24) is 9.97 Å². The van der Waals surface area contributed by atoms with E-state index in [1.165, 1.54) is 0 Å². The van der Waals surface area contributed by atoms with Crippen LogP contribution in [0.2, 0.25) is 0 Å². The maximum absolute atomic E-state index is 5.78. The normalized spacial score (nSPS) is 12.0. The van der Waals surface area contributed by atoms with Crippen molar-refractivity contribution in [3.63, 3.8) is 0 Å². The maximum atomic E-state index is 5.78. The van der Waals surface area contributed by atoms with Gasteiger partial charge in [-0.1, -0.05) is 0 Å². The van der Waals surface area contributed by atoms with E-state index in [0.29, 0.717) is 0 Å². The second-order valence-electron chi connectivity index (χ2n) is 2.81. The van der Waals surface area contributed by atoms with E-state index >= 15 is 0 Å². The molecule has 3 nitrogen and oxygen atoms in total. The van der Waals surface area contributed by atoms with Crippen LogP contribution in [0.4, 0.5) is 0 Å². The molecule has 0 atom stereocenters. The fourth-order valence-electron chi connectivity index (χ4n) is 0.624. The Balaban J connectivity index is 2.96. The highest BCUT2D eigenvalue weighted by Gasteiger charge is 2.15. The summed E-state index contributed by atoms with van der Waals surface area (Å²) in [7, 11) is 0. The average molecular weight is 204 g/mol. The number of rotatable bonds is 1. The Labute approximate surface area is 68.2 Å². The molecule has 1 rings (SSSR count). The third-order valence-electron chi connectivity index (χ3n) is 1.24. The molecule has 0 aliphatic rings. The van der Waals surface area contributed by atoms with Crippen molar-refractivity contribution < 1.29 is 0 Å². The van der Waals surface area contributed by atoms with Crippen molar-refractivity contribution in [2.24, 2.45) is 5.73 Å². The van der Waals surface area contributed by atoms with Crippen LogP contribution >= 0.6 is 15.9 Å².